The lowest BCUT2D eigenvalue weighted by molar-refractivity contribution is -0.177. The normalized spacial score (nSPS) is 21.9. The van der Waals surface area contributed by atoms with Gasteiger partial charge in [-0.15, -0.1) is 0 Å². The number of esters is 1. The van der Waals surface area contributed by atoms with Crippen molar-refractivity contribution < 1.29 is 19.1 Å². The minimum atomic E-state index is -1.14. The molecule has 0 aromatic carbocycles. The van der Waals surface area contributed by atoms with Gasteiger partial charge in [0.15, 0.2) is 0 Å². The number of hydrogen-bond acceptors (Lipinski definition) is 4. The van der Waals surface area contributed by atoms with E-state index in [9.17, 15) is 9.59 Å². The Morgan fingerprint density at radius 3 is 3.09 bits per heavy atom. The van der Waals surface area contributed by atoms with Gasteiger partial charge >= 0.3 is 18.2 Å². The van der Waals surface area contributed by atoms with Crippen molar-refractivity contribution in [3.05, 3.63) is 12.5 Å². The van der Waals surface area contributed by atoms with Crippen LogP contribution in [0.4, 0.5) is 0 Å². The molecule has 60 valence electrons. The van der Waals surface area contributed by atoms with Crippen LogP contribution in [0.1, 0.15) is 6.92 Å². The molecule has 0 radical (unpaired) electrons. The van der Waals surface area contributed by atoms with Gasteiger partial charge in [0, 0.05) is 13.1 Å². The fraction of sp³-hybridized carbons (Fsp3) is 0.333. The van der Waals surface area contributed by atoms with Gasteiger partial charge in [0.1, 0.15) is 6.26 Å². The second-order valence-electron chi connectivity index (χ2n) is 1.89. The van der Waals surface area contributed by atoms with Gasteiger partial charge in [-0.2, -0.15) is 0 Å². The van der Waals surface area contributed by atoms with Crippen LogP contribution in [0.15, 0.2) is 12.5 Å². The van der Waals surface area contributed by atoms with Crippen molar-refractivity contribution in [3.63, 3.8) is 0 Å². The number of ether oxygens (including phenoxy) is 2. The molecule has 0 aliphatic carbocycles. The Morgan fingerprint density at radius 1 is 1.82 bits per heavy atom. The van der Waals surface area contributed by atoms with Crippen molar-refractivity contribution in [1.29, 1.82) is 0 Å². The summed E-state index contributed by atoms with van der Waals surface area (Å²) < 4.78 is 9.14. The molecule has 11 heavy (non-hydrogen) atoms. The first-order chi connectivity index (χ1) is 5.20. The lowest BCUT2D eigenvalue weighted by Gasteiger charge is -2.17. The third-order valence-corrected chi connectivity index (χ3v) is 0.983. The molecule has 1 heterocycles. The Bertz CT molecular complexity index is 211. The zero-order valence-electron chi connectivity index (χ0n) is 5.87. The van der Waals surface area contributed by atoms with Crippen molar-refractivity contribution in [3.8, 4) is 0 Å². The number of amides is 1. The molecule has 1 N–H and O–H groups in total. The first kappa shape index (κ1) is 7.59. The monoisotopic (exact) mass is 157 g/mol. The summed E-state index contributed by atoms with van der Waals surface area (Å²) in [6.45, 7) is 1.20. The number of rotatable bonds is 1. The van der Waals surface area contributed by atoms with Crippen LogP contribution in [0.3, 0.4) is 0 Å². The highest BCUT2D eigenvalue weighted by molar-refractivity contribution is 5.83. The van der Waals surface area contributed by atoms with E-state index in [1.54, 1.807) is 0 Å². The standard InChI is InChI=1S/C6H7NO4/c1-4(8)11-6-5(9)7-2-3-10-6/h2-3,6H,1H3,(H,7,9). The minimum absolute atomic E-state index is 0.484. The molecule has 5 nitrogen and oxygen atoms in total. The summed E-state index contributed by atoms with van der Waals surface area (Å²) in [5, 5.41) is 2.32. The maximum atomic E-state index is 10.8. The Labute approximate surface area is 63.0 Å². The first-order valence-corrected chi connectivity index (χ1v) is 2.98. The summed E-state index contributed by atoms with van der Waals surface area (Å²) in [5.74, 6) is -1.04. The van der Waals surface area contributed by atoms with Crippen LogP contribution in [0.2, 0.25) is 0 Å². The van der Waals surface area contributed by atoms with Crippen LogP contribution in [-0.2, 0) is 19.1 Å². The van der Waals surface area contributed by atoms with Gasteiger partial charge in [-0.3, -0.25) is 9.59 Å². The summed E-state index contributed by atoms with van der Waals surface area (Å²) >= 11 is 0. The number of carbonyl (C=O) groups is 2. The Morgan fingerprint density at radius 2 is 2.55 bits per heavy atom. The average molecular weight is 157 g/mol. The molecule has 1 aliphatic rings. The van der Waals surface area contributed by atoms with Gasteiger partial charge in [0.25, 0.3) is 0 Å². The van der Waals surface area contributed by atoms with Crippen LogP contribution in [0.5, 0.6) is 0 Å². The molecular weight excluding hydrogens is 150 g/mol. The molecule has 0 bridgehead atoms. The van der Waals surface area contributed by atoms with Gasteiger partial charge in [-0.1, -0.05) is 0 Å². The molecule has 0 aromatic heterocycles. The predicted molar refractivity (Wildman–Crippen MR) is 33.9 cm³/mol. The quantitative estimate of drug-likeness (QED) is 0.521. The lowest BCUT2D eigenvalue weighted by Crippen LogP contribution is -2.38. The van der Waals surface area contributed by atoms with Crippen LogP contribution >= 0.6 is 0 Å². The van der Waals surface area contributed by atoms with Gasteiger partial charge in [-0.05, 0) is 0 Å². The highest BCUT2D eigenvalue weighted by atomic mass is 16.7. The lowest BCUT2D eigenvalue weighted by atomic mass is 10.5. The van der Waals surface area contributed by atoms with E-state index in [1.807, 2.05) is 0 Å². The third-order valence-electron chi connectivity index (χ3n) is 0.983. The van der Waals surface area contributed by atoms with Crippen LogP contribution in [0.25, 0.3) is 0 Å². The number of carbonyl (C=O) groups excluding carboxylic acids is 2. The maximum absolute atomic E-state index is 10.8. The van der Waals surface area contributed by atoms with Crippen LogP contribution < -0.4 is 5.32 Å². The first-order valence-electron chi connectivity index (χ1n) is 2.98. The van der Waals surface area contributed by atoms with E-state index in [2.05, 4.69) is 14.8 Å². The average Bonchev–Trinajstić information content (AvgIpc) is 1.93. The minimum Gasteiger partial charge on any atom is -0.453 e. The van der Waals surface area contributed by atoms with Crippen molar-refractivity contribution in [2.24, 2.45) is 0 Å². The van der Waals surface area contributed by atoms with E-state index in [4.69, 9.17) is 0 Å². The van der Waals surface area contributed by atoms with Crippen LogP contribution in [0, 0.1) is 0 Å². The second-order valence-corrected chi connectivity index (χ2v) is 1.89. The number of hydrogen-bond donors (Lipinski definition) is 1. The molecule has 0 aromatic rings. The zero-order valence-corrected chi connectivity index (χ0v) is 5.87. The van der Waals surface area contributed by atoms with E-state index in [0.29, 0.717) is 0 Å². The smallest absolute Gasteiger partial charge is 0.323 e. The molecule has 5 heteroatoms. The molecular formula is C6H7NO4. The molecule has 0 spiro atoms. The van der Waals surface area contributed by atoms with E-state index >= 15 is 0 Å². The van der Waals surface area contributed by atoms with Gasteiger partial charge < -0.3 is 14.8 Å². The van der Waals surface area contributed by atoms with Crippen molar-refractivity contribution in [2.45, 2.75) is 13.2 Å². The second kappa shape index (κ2) is 3.05. The fourth-order valence-corrected chi connectivity index (χ4v) is 0.589. The summed E-state index contributed by atoms with van der Waals surface area (Å²) in [6, 6.07) is 0. The van der Waals surface area contributed by atoms with Crippen molar-refractivity contribution in [1.82, 2.24) is 5.32 Å². The van der Waals surface area contributed by atoms with E-state index in [1.165, 1.54) is 19.4 Å². The summed E-state index contributed by atoms with van der Waals surface area (Å²) in [6.07, 6.45) is 1.43. The molecule has 1 unspecified atom stereocenters. The largest absolute Gasteiger partial charge is 0.453 e. The van der Waals surface area contributed by atoms with Gasteiger partial charge in [-0.25, -0.2) is 0 Å². The highest BCUT2D eigenvalue weighted by Crippen LogP contribution is 2.00. The molecule has 1 atom stereocenters. The van der Waals surface area contributed by atoms with Crippen molar-refractivity contribution >= 4 is 11.9 Å². The SMILES string of the molecule is CC(=O)OC1OC=CNC1=O. The highest BCUT2D eigenvalue weighted by Gasteiger charge is 2.23. The third kappa shape index (κ3) is 1.96. The fourth-order valence-electron chi connectivity index (χ4n) is 0.589. The maximum Gasteiger partial charge on any atom is 0.323 e. The Balaban J connectivity index is 2.51. The molecule has 0 saturated carbocycles. The zero-order chi connectivity index (χ0) is 8.27. The topological polar surface area (TPSA) is 64.6 Å². The molecule has 0 fully saturated rings. The van der Waals surface area contributed by atoms with Gasteiger partial charge in [0.05, 0.1) is 0 Å². The summed E-state index contributed by atoms with van der Waals surface area (Å²) in [7, 11) is 0. The predicted octanol–water partition coefficient (Wildman–Crippen LogP) is -0.507. The van der Waals surface area contributed by atoms with Crippen molar-refractivity contribution in [2.75, 3.05) is 0 Å². The molecule has 1 aliphatic heterocycles. The Hall–Kier alpha value is -1.52. The summed E-state index contributed by atoms with van der Waals surface area (Å²) in [5.41, 5.74) is 0. The number of nitrogens with one attached hydrogen (secondary N) is 1. The molecule has 1 rings (SSSR count). The van der Waals surface area contributed by atoms with E-state index < -0.39 is 18.2 Å². The van der Waals surface area contributed by atoms with E-state index in [0.717, 1.165) is 0 Å². The molecule has 0 saturated heterocycles. The summed E-state index contributed by atoms with van der Waals surface area (Å²) in [4.78, 5) is 21.1. The van der Waals surface area contributed by atoms with Crippen LogP contribution in [-0.4, -0.2) is 18.2 Å². The Kier molecular flexibility index (Phi) is 2.10. The van der Waals surface area contributed by atoms with E-state index in [-0.39, 0.29) is 0 Å². The molecule has 1 amide bonds. The van der Waals surface area contributed by atoms with Gasteiger partial charge in [0.2, 0.25) is 0 Å².